The first-order chi connectivity index (χ1) is 9.15. The number of methoxy groups -OCH3 is 2. The van der Waals surface area contributed by atoms with Crippen LogP contribution in [0.2, 0.25) is 0 Å². The van der Waals surface area contributed by atoms with Gasteiger partial charge in [0.2, 0.25) is 0 Å². The van der Waals surface area contributed by atoms with E-state index in [4.69, 9.17) is 15.2 Å². The molecule has 0 heterocycles. The number of nitrogen functional groups attached to an aromatic ring is 1. The topological polar surface area (TPSA) is 64.7 Å². The Morgan fingerprint density at radius 2 is 1.47 bits per heavy atom. The Hall–Kier alpha value is -2.20. The van der Waals surface area contributed by atoms with Crippen LogP contribution in [0, 0.1) is 0 Å². The van der Waals surface area contributed by atoms with Crippen LogP contribution in [0.5, 0.6) is 11.5 Å². The molecule has 0 bridgehead atoms. The van der Waals surface area contributed by atoms with Crippen molar-refractivity contribution in [3.8, 4) is 11.5 Å². The SMILES string of the molecule is COc1ccc(C(O)c2ccc(N)cc2)cc1OC. The van der Waals surface area contributed by atoms with Gasteiger partial charge in [-0.1, -0.05) is 18.2 Å². The maximum Gasteiger partial charge on any atom is 0.161 e. The van der Waals surface area contributed by atoms with E-state index in [2.05, 4.69) is 0 Å². The molecule has 4 nitrogen and oxygen atoms in total. The summed E-state index contributed by atoms with van der Waals surface area (Å²) in [6.07, 6.45) is -0.722. The number of rotatable bonds is 4. The van der Waals surface area contributed by atoms with Crippen LogP contribution in [0.25, 0.3) is 0 Å². The fourth-order valence-corrected chi connectivity index (χ4v) is 1.89. The molecule has 19 heavy (non-hydrogen) atoms. The van der Waals surface area contributed by atoms with Crippen molar-refractivity contribution in [2.24, 2.45) is 0 Å². The second-order valence-corrected chi connectivity index (χ2v) is 4.18. The van der Waals surface area contributed by atoms with E-state index in [-0.39, 0.29) is 0 Å². The van der Waals surface area contributed by atoms with E-state index in [0.29, 0.717) is 17.2 Å². The van der Waals surface area contributed by atoms with Crippen LogP contribution < -0.4 is 15.2 Å². The minimum atomic E-state index is -0.722. The Morgan fingerprint density at radius 1 is 0.895 bits per heavy atom. The number of aliphatic hydroxyl groups excluding tert-OH is 1. The van der Waals surface area contributed by atoms with Gasteiger partial charge in [-0.05, 0) is 35.4 Å². The molecule has 0 radical (unpaired) electrons. The van der Waals surface area contributed by atoms with Crippen LogP contribution in [-0.2, 0) is 0 Å². The second-order valence-electron chi connectivity index (χ2n) is 4.18. The van der Waals surface area contributed by atoms with Gasteiger partial charge in [0, 0.05) is 5.69 Å². The summed E-state index contributed by atoms with van der Waals surface area (Å²) in [5, 5.41) is 10.3. The molecular weight excluding hydrogens is 242 g/mol. The van der Waals surface area contributed by atoms with Gasteiger partial charge in [-0.3, -0.25) is 0 Å². The number of hydrogen-bond acceptors (Lipinski definition) is 4. The van der Waals surface area contributed by atoms with Crippen molar-refractivity contribution in [1.82, 2.24) is 0 Å². The van der Waals surface area contributed by atoms with E-state index in [9.17, 15) is 5.11 Å². The quantitative estimate of drug-likeness (QED) is 0.827. The van der Waals surface area contributed by atoms with Gasteiger partial charge in [0.25, 0.3) is 0 Å². The number of aliphatic hydroxyl groups is 1. The van der Waals surface area contributed by atoms with E-state index in [1.54, 1.807) is 50.6 Å². The highest BCUT2D eigenvalue weighted by molar-refractivity contribution is 5.46. The highest BCUT2D eigenvalue weighted by Gasteiger charge is 2.13. The van der Waals surface area contributed by atoms with Gasteiger partial charge in [-0.15, -0.1) is 0 Å². The normalized spacial score (nSPS) is 11.9. The van der Waals surface area contributed by atoms with Gasteiger partial charge in [0.15, 0.2) is 11.5 Å². The van der Waals surface area contributed by atoms with Gasteiger partial charge in [-0.2, -0.15) is 0 Å². The lowest BCUT2D eigenvalue weighted by Gasteiger charge is -2.14. The Balaban J connectivity index is 2.33. The van der Waals surface area contributed by atoms with Crippen molar-refractivity contribution in [3.63, 3.8) is 0 Å². The first-order valence-electron chi connectivity index (χ1n) is 5.91. The molecule has 4 heteroatoms. The van der Waals surface area contributed by atoms with E-state index in [1.165, 1.54) is 0 Å². The molecule has 0 amide bonds. The number of nitrogens with two attached hydrogens (primary N) is 1. The van der Waals surface area contributed by atoms with E-state index in [1.807, 2.05) is 6.07 Å². The third-order valence-electron chi connectivity index (χ3n) is 2.98. The molecule has 1 unspecified atom stereocenters. The molecule has 3 N–H and O–H groups in total. The summed E-state index contributed by atoms with van der Waals surface area (Å²) in [4.78, 5) is 0. The zero-order valence-corrected chi connectivity index (χ0v) is 11.0. The Morgan fingerprint density at radius 3 is 2.05 bits per heavy atom. The summed E-state index contributed by atoms with van der Waals surface area (Å²) in [5.74, 6) is 1.23. The minimum absolute atomic E-state index is 0.592. The predicted octanol–water partition coefficient (Wildman–Crippen LogP) is 2.37. The molecule has 0 aliphatic carbocycles. The molecule has 1 atom stereocenters. The largest absolute Gasteiger partial charge is 0.493 e. The first kappa shape index (κ1) is 13.2. The summed E-state index contributed by atoms with van der Waals surface area (Å²) in [7, 11) is 3.14. The van der Waals surface area contributed by atoms with Gasteiger partial charge in [0.05, 0.1) is 14.2 Å². The molecule has 2 aromatic carbocycles. The zero-order valence-electron chi connectivity index (χ0n) is 11.0. The third-order valence-corrected chi connectivity index (χ3v) is 2.98. The van der Waals surface area contributed by atoms with Gasteiger partial charge in [0.1, 0.15) is 6.10 Å². The Kier molecular flexibility index (Phi) is 3.92. The molecule has 0 aliphatic rings. The summed E-state index contributed by atoms with van der Waals surface area (Å²) >= 11 is 0. The molecular formula is C15H17NO3. The summed E-state index contributed by atoms with van der Waals surface area (Å²) < 4.78 is 10.4. The molecule has 2 rings (SSSR count). The summed E-state index contributed by atoms with van der Waals surface area (Å²) in [6.45, 7) is 0. The Bertz CT molecular complexity index is 552. The van der Waals surface area contributed by atoms with Crippen LogP contribution in [0.4, 0.5) is 5.69 Å². The monoisotopic (exact) mass is 259 g/mol. The molecule has 0 saturated carbocycles. The smallest absolute Gasteiger partial charge is 0.161 e. The van der Waals surface area contributed by atoms with Crippen LogP contribution in [0.1, 0.15) is 17.2 Å². The van der Waals surface area contributed by atoms with Crippen molar-refractivity contribution in [1.29, 1.82) is 0 Å². The number of anilines is 1. The molecule has 2 aromatic rings. The maximum atomic E-state index is 10.3. The fourth-order valence-electron chi connectivity index (χ4n) is 1.89. The molecule has 100 valence electrons. The number of ether oxygens (including phenoxy) is 2. The highest BCUT2D eigenvalue weighted by atomic mass is 16.5. The molecule has 0 fully saturated rings. The standard InChI is InChI=1S/C15H17NO3/c1-18-13-8-5-11(9-14(13)19-2)15(17)10-3-6-12(16)7-4-10/h3-9,15,17H,16H2,1-2H3. The van der Waals surface area contributed by atoms with Crippen LogP contribution in [0.3, 0.4) is 0 Å². The predicted molar refractivity (Wildman–Crippen MR) is 74.5 cm³/mol. The second kappa shape index (κ2) is 5.63. The van der Waals surface area contributed by atoms with E-state index < -0.39 is 6.10 Å². The van der Waals surface area contributed by atoms with Crippen molar-refractivity contribution in [2.45, 2.75) is 6.10 Å². The zero-order chi connectivity index (χ0) is 13.8. The van der Waals surface area contributed by atoms with Crippen molar-refractivity contribution in [3.05, 3.63) is 53.6 Å². The molecule has 0 aromatic heterocycles. The maximum absolute atomic E-state index is 10.3. The molecule has 0 saturated heterocycles. The van der Waals surface area contributed by atoms with E-state index >= 15 is 0 Å². The van der Waals surface area contributed by atoms with Crippen LogP contribution in [-0.4, -0.2) is 19.3 Å². The Labute approximate surface area is 112 Å². The van der Waals surface area contributed by atoms with Gasteiger partial charge in [-0.25, -0.2) is 0 Å². The van der Waals surface area contributed by atoms with E-state index in [0.717, 1.165) is 11.1 Å². The van der Waals surface area contributed by atoms with Crippen molar-refractivity contribution < 1.29 is 14.6 Å². The summed E-state index contributed by atoms with van der Waals surface area (Å²) in [5.41, 5.74) is 7.82. The van der Waals surface area contributed by atoms with Crippen LogP contribution in [0.15, 0.2) is 42.5 Å². The van der Waals surface area contributed by atoms with Gasteiger partial charge < -0.3 is 20.3 Å². The lowest BCUT2D eigenvalue weighted by Crippen LogP contribution is -2.01. The third kappa shape index (κ3) is 2.80. The minimum Gasteiger partial charge on any atom is -0.493 e. The number of hydrogen-bond donors (Lipinski definition) is 2. The average Bonchev–Trinajstić information content (AvgIpc) is 2.46. The molecule has 0 spiro atoms. The average molecular weight is 259 g/mol. The lowest BCUT2D eigenvalue weighted by molar-refractivity contribution is 0.219. The van der Waals surface area contributed by atoms with Crippen molar-refractivity contribution in [2.75, 3.05) is 20.0 Å². The molecule has 0 aliphatic heterocycles. The van der Waals surface area contributed by atoms with Gasteiger partial charge >= 0.3 is 0 Å². The lowest BCUT2D eigenvalue weighted by atomic mass is 10.0. The number of benzene rings is 2. The van der Waals surface area contributed by atoms with Crippen LogP contribution >= 0.6 is 0 Å². The first-order valence-corrected chi connectivity index (χ1v) is 5.91. The van der Waals surface area contributed by atoms with Crippen molar-refractivity contribution >= 4 is 5.69 Å². The summed E-state index contributed by atoms with van der Waals surface area (Å²) in [6, 6.07) is 12.5. The highest BCUT2D eigenvalue weighted by Crippen LogP contribution is 2.32. The fraction of sp³-hybridized carbons (Fsp3) is 0.200.